The molecule has 1 amide bonds. The molecule has 0 saturated heterocycles. The van der Waals surface area contributed by atoms with Gasteiger partial charge in [-0.2, -0.15) is 0 Å². The zero-order valence-corrected chi connectivity index (χ0v) is 13.5. The lowest BCUT2D eigenvalue weighted by molar-refractivity contribution is -0.118. The van der Waals surface area contributed by atoms with Crippen molar-refractivity contribution in [1.82, 2.24) is 4.90 Å². The van der Waals surface area contributed by atoms with Crippen molar-refractivity contribution in [3.05, 3.63) is 17.7 Å². The number of fused-ring (bicyclic) bond motifs is 1. The molecule has 1 aromatic rings. The molecule has 5 heteroatoms. The molecule has 0 radical (unpaired) electrons. The number of nitrogens with zero attached hydrogens (tertiary/aromatic N) is 2. The van der Waals surface area contributed by atoms with Crippen LogP contribution >= 0.6 is 0 Å². The second-order valence-corrected chi connectivity index (χ2v) is 5.49. The van der Waals surface area contributed by atoms with Crippen molar-refractivity contribution >= 4 is 11.6 Å². The van der Waals surface area contributed by atoms with Gasteiger partial charge >= 0.3 is 0 Å². The van der Waals surface area contributed by atoms with Gasteiger partial charge in [0, 0.05) is 19.0 Å². The fourth-order valence-corrected chi connectivity index (χ4v) is 2.80. The molecule has 1 aromatic carbocycles. The maximum atomic E-state index is 12.4. The van der Waals surface area contributed by atoms with Gasteiger partial charge in [0.25, 0.3) is 0 Å². The Hall–Kier alpha value is -1.75. The van der Waals surface area contributed by atoms with Crippen molar-refractivity contribution in [3.63, 3.8) is 0 Å². The van der Waals surface area contributed by atoms with Gasteiger partial charge in [-0.15, -0.1) is 0 Å². The van der Waals surface area contributed by atoms with Gasteiger partial charge in [-0.05, 0) is 32.1 Å². The number of likely N-dealkylation sites (N-methyl/N-ethyl adjacent to an activating group) is 1. The third-order valence-corrected chi connectivity index (χ3v) is 4.06. The van der Waals surface area contributed by atoms with E-state index in [1.165, 1.54) is 0 Å². The lowest BCUT2D eigenvalue weighted by atomic mass is 9.95. The minimum absolute atomic E-state index is 0.106. The van der Waals surface area contributed by atoms with Crippen LogP contribution in [0, 0.1) is 0 Å². The highest BCUT2D eigenvalue weighted by molar-refractivity contribution is 5.97. The number of anilines is 1. The predicted molar refractivity (Wildman–Crippen MR) is 83.4 cm³/mol. The molecule has 1 unspecified atom stereocenters. The van der Waals surface area contributed by atoms with Crippen LogP contribution in [0.25, 0.3) is 0 Å². The molecular weight excluding hydrogens is 268 g/mol. The molecule has 1 aliphatic heterocycles. The van der Waals surface area contributed by atoms with E-state index in [9.17, 15) is 4.79 Å². The van der Waals surface area contributed by atoms with Crippen LogP contribution in [0.5, 0.6) is 11.5 Å². The molecule has 0 fully saturated rings. The third kappa shape index (κ3) is 2.83. The van der Waals surface area contributed by atoms with E-state index < -0.39 is 0 Å². The topological polar surface area (TPSA) is 42.0 Å². The Morgan fingerprint density at radius 3 is 2.57 bits per heavy atom. The summed E-state index contributed by atoms with van der Waals surface area (Å²) in [5, 5.41) is 0. The molecule has 116 valence electrons. The van der Waals surface area contributed by atoms with E-state index in [0.29, 0.717) is 30.5 Å². The summed E-state index contributed by atoms with van der Waals surface area (Å²) in [6.45, 7) is 2.56. The second-order valence-electron chi connectivity index (χ2n) is 5.49. The molecule has 0 saturated carbocycles. The first kappa shape index (κ1) is 15.6. The van der Waals surface area contributed by atoms with Crippen molar-refractivity contribution in [2.75, 3.05) is 39.8 Å². The number of methoxy groups -OCH3 is 2. The summed E-state index contributed by atoms with van der Waals surface area (Å²) in [5.41, 5.74) is 1.99. The fraction of sp³-hybridized carbons (Fsp3) is 0.562. The number of rotatable bonds is 4. The molecule has 2 rings (SSSR count). The standard InChI is InChI=1S/C16H24N2O3/c1-6-14(19)18-10-12(17(2)3)9-11-7-8-13(20-4)16(21-5)15(11)18/h7-8,12H,6,9-10H2,1-5H3. The van der Waals surface area contributed by atoms with Crippen LogP contribution in [0.15, 0.2) is 12.1 Å². The largest absolute Gasteiger partial charge is 0.493 e. The molecule has 21 heavy (non-hydrogen) atoms. The molecular formula is C16H24N2O3. The number of benzene rings is 1. The molecule has 1 heterocycles. The van der Waals surface area contributed by atoms with Gasteiger partial charge in [0.15, 0.2) is 11.5 Å². The van der Waals surface area contributed by atoms with Gasteiger partial charge in [0.2, 0.25) is 5.91 Å². The van der Waals surface area contributed by atoms with Gasteiger partial charge < -0.3 is 19.3 Å². The summed E-state index contributed by atoms with van der Waals surface area (Å²) >= 11 is 0. The Balaban J connectivity index is 2.56. The molecule has 0 aromatic heterocycles. The SMILES string of the molecule is CCC(=O)N1CC(N(C)C)Cc2ccc(OC)c(OC)c21. The van der Waals surface area contributed by atoms with Crippen molar-refractivity contribution in [3.8, 4) is 11.5 Å². The van der Waals surface area contributed by atoms with E-state index in [1.807, 2.05) is 38.1 Å². The number of ether oxygens (including phenoxy) is 2. The molecule has 0 aliphatic carbocycles. The first-order valence-corrected chi connectivity index (χ1v) is 7.24. The van der Waals surface area contributed by atoms with Gasteiger partial charge in [0.05, 0.1) is 19.9 Å². The summed E-state index contributed by atoms with van der Waals surface area (Å²) in [7, 11) is 7.32. The Bertz CT molecular complexity index is 528. The zero-order valence-electron chi connectivity index (χ0n) is 13.5. The van der Waals surface area contributed by atoms with Crippen molar-refractivity contribution < 1.29 is 14.3 Å². The maximum Gasteiger partial charge on any atom is 0.226 e. The quantitative estimate of drug-likeness (QED) is 0.850. The Kier molecular flexibility index (Phi) is 4.73. The Morgan fingerprint density at radius 2 is 2.05 bits per heavy atom. The molecule has 1 atom stereocenters. The number of carbonyl (C=O) groups is 1. The summed E-state index contributed by atoms with van der Waals surface area (Å²) < 4.78 is 10.9. The van der Waals surface area contributed by atoms with Gasteiger partial charge in [-0.25, -0.2) is 0 Å². The van der Waals surface area contributed by atoms with Crippen LogP contribution < -0.4 is 14.4 Å². The van der Waals surface area contributed by atoms with Crippen molar-refractivity contribution in [2.45, 2.75) is 25.8 Å². The van der Waals surface area contributed by atoms with Crippen LogP contribution in [0.1, 0.15) is 18.9 Å². The van der Waals surface area contributed by atoms with Gasteiger partial charge in [-0.1, -0.05) is 13.0 Å². The predicted octanol–water partition coefficient (Wildman–Crippen LogP) is 1.93. The number of amides is 1. The van der Waals surface area contributed by atoms with E-state index in [-0.39, 0.29) is 5.91 Å². The minimum atomic E-state index is 0.106. The monoisotopic (exact) mass is 292 g/mol. The van der Waals surface area contributed by atoms with E-state index >= 15 is 0 Å². The van der Waals surface area contributed by atoms with Crippen molar-refractivity contribution in [2.24, 2.45) is 0 Å². The van der Waals surface area contributed by atoms with Crippen LogP contribution in [0.3, 0.4) is 0 Å². The van der Waals surface area contributed by atoms with E-state index in [0.717, 1.165) is 17.7 Å². The highest BCUT2D eigenvalue weighted by Crippen LogP contribution is 2.43. The first-order valence-electron chi connectivity index (χ1n) is 7.24. The number of hydrogen-bond acceptors (Lipinski definition) is 4. The average Bonchev–Trinajstić information content (AvgIpc) is 2.51. The summed E-state index contributed by atoms with van der Waals surface area (Å²) in [6.07, 6.45) is 1.37. The zero-order chi connectivity index (χ0) is 15.6. The van der Waals surface area contributed by atoms with Crippen LogP contribution in [0.4, 0.5) is 5.69 Å². The van der Waals surface area contributed by atoms with E-state index in [2.05, 4.69) is 4.90 Å². The lowest BCUT2D eigenvalue weighted by Gasteiger charge is -2.38. The average molecular weight is 292 g/mol. The van der Waals surface area contributed by atoms with Gasteiger partial charge in [-0.3, -0.25) is 4.79 Å². The Morgan fingerprint density at radius 1 is 1.33 bits per heavy atom. The molecule has 0 spiro atoms. The molecule has 0 bridgehead atoms. The highest BCUT2D eigenvalue weighted by atomic mass is 16.5. The fourth-order valence-electron chi connectivity index (χ4n) is 2.80. The molecule has 1 aliphatic rings. The second kappa shape index (κ2) is 6.35. The smallest absolute Gasteiger partial charge is 0.226 e. The molecule has 5 nitrogen and oxygen atoms in total. The summed E-state index contributed by atoms with van der Waals surface area (Å²) in [5.74, 6) is 1.41. The van der Waals surface area contributed by atoms with E-state index in [4.69, 9.17) is 9.47 Å². The normalized spacial score (nSPS) is 17.6. The van der Waals surface area contributed by atoms with E-state index in [1.54, 1.807) is 14.2 Å². The third-order valence-electron chi connectivity index (χ3n) is 4.06. The van der Waals surface area contributed by atoms with Crippen LogP contribution in [0.2, 0.25) is 0 Å². The number of carbonyl (C=O) groups excluding carboxylic acids is 1. The Labute approximate surface area is 126 Å². The van der Waals surface area contributed by atoms with Crippen LogP contribution in [-0.4, -0.2) is 51.7 Å². The van der Waals surface area contributed by atoms with Crippen molar-refractivity contribution in [1.29, 1.82) is 0 Å². The maximum absolute atomic E-state index is 12.4. The molecule has 0 N–H and O–H groups in total. The highest BCUT2D eigenvalue weighted by Gasteiger charge is 2.32. The van der Waals surface area contributed by atoms with Crippen LogP contribution in [-0.2, 0) is 11.2 Å². The minimum Gasteiger partial charge on any atom is -0.493 e. The summed E-state index contributed by atoms with van der Waals surface area (Å²) in [4.78, 5) is 16.4. The number of hydrogen-bond donors (Lipinski definition) is 0. The van der Waals surface area contributed by atoms with Gasteiger partial charge in [0.1, 0.15) is 0 Å². The summed E-state index contributed by atoms with van der Waals surface area (Å²) in [6, 6.07) is 4.25. The first-order chi connectivity index (χ1) is 10.0. The lowest BCUT2D eigenvalue weighted by Crippen LogP contribution is -2.48.